The van der Waals surface area contributed by atoms with Crippen LogP contribution in [0, 0.1) is 0 Å². The molecule has 3 rings (SSSR count). The zero-order chi connectivity index (χ0) is 22.1. The second-order valence-electron chi connectivity index (χ2n) is 9.34. The monoisotopic (exact) mass is 540 g/mol. The molecule has 1 aliphatic carbocycles. The minimum atomic E-state index is -1.77. The van der Waals surface area contributed by atoms with Gasteiger partial charge < -0.3 is 24.8 Å². The molecule has 2 aromatic rings. The van der Waals surface area contributed by atoms with Crippen molar-refractivity contribution in [3.8, 4) is 11.1 Å². The molecule has 0 aliphatic heterocycles. The van der Waals surface area contributed by atoms with E-state index in [-0.39, 0.29) is 24.8 Å². The Morgan fingerprint density at radius 3 is 1.73 bits per heavy atom. The van der Waals surface area contributed by atoms with E-state index >= 15 is 0 Å². The second-order valence-corrected chi connectivity index (χ2v) is 22.3. The molecule has 2 nitrogen and oxygen atoms in total. The molecular weight excluding hydrogens is 501 g/mol. The predicted molar refractivity (Wildman–Crippen MR) is 133 cm³/mol. The quantitative estimate of drug-likeness (QED) is 0.301. The van der Waals surface area contributed by atoms with E-state index in [1.807, 2.05) is 0 Å². The predicted octanol–water partition coefficient (Wildman–Crippen LogP) is 1.32. The summed E-state index contributed by atoms with van der Waals surface area (Å²) >= 11 is -1.77. The number of halogens is 2. The van der Waals surface area contributed by atoms with Gasteiger partial charge in [-0.1, -0.05) is 6.92 Å². The molecule has 1 aliphatic rings. The number of hydrogen-bond acceptors (Lipinski definition) is 1. The number of carbonyl (C=O) groups excluding carboxylic acids is 1. The number of unbranched alkanes of at least 4 members (excludes halogenated alkanes) is 8. The zero-order valence-electron chi connectivity index (χ0n) is 20.5. The number of rotatable bonds is 13. The molecule has 0 saturated carbocycles. The molecular formula is C27H40Cl2NOSiTi. The number of amides is 1. The molecule has 181 valence electrons. The maximum absolute atomic E-state index is 12.9. The molecule has 6 heteroatoms. The van der Waals surface area contributed by atoms with E-state index in [4.69, 9.17) is 0 Å². The number of nitrogens with one attached hydrogen (secondary N) is 1. The molecule has 0 radical (unpaired) electrons. The van der Waals surface area contributed by atoms with Gasteiger partial charge in [0.2, 0.25) is 0 Å². The Balaban J connectivity index is 0.00000272. The topological polar surface area (TPSA) is 29.1 Å². The Hall–Kier alpha value is -0.579. The van der Waals surface area contributed by atoms with Crippen molar-refractivity contribution in [2.45, 2.75) is 88.4 Å². The first kappa shape index (κ1) is 30.5. The van der Waals surface area contributed by atoms with E-state index in [1.165, 1.54) is 73.6 Å². The molecule has 0 aromatic heterocycles. The first-order chi connectivity index (χ1) is 15.1. The molecule has 2 aromatic carbocycles. The van der Waals surface area contributed by atoms with Gasteiger partial charge in [-0.25, -0.2) is 0 Å². The van der Waals surface area contributed by atoms with Crippen molar-refractivity contribution in [3.63, 3.8) is 0 Å². The number of benzene rings is 2. The fraction of sp³-hybridized carbons (Fsp3) is 0.519. The van der Waals surface area contributed by atoms with Gasteiger partial charge in [0, 0.05) is 0 Å². The minimum absolute atomic E-state index is 0. The standard InChI is InChI=1S/C13H9.C12H25NO.C2H7Si.2ClH.Ti/c1-3-7-12-10(5-1)9-11-6-2-4-8-13(11)12;1-2-3-4-5-6-7-8-9-10-11-12(13)14;1-3-2;;;/h1-9H;2-11H2,1H3,(H2,13,14);3H,1-2H3;2*1H;/q;;;;;+3/p-3. The van der Waals surface area contributed by atoms with Gasteiger partial charge in [0.25, 0.3) is 0 Å². The maximum atomic E-state index is 12.9. The van der Waals surface area contributed by atoms with Crippen LogP contribution in [-0.2, 0) is 22.2 Å². The molecule has 0 atom stereocenters. The first-order valence-corrected chi connectivity index (χ1v) is 19.8. The van der Waals surface area contributed by atoms with Gasteiger partial charge >= 0.3 is 191 Å². The normalized spacial score (nSPS) is 11.9. The van der Waals surface area contributed by atoms with Gasteiger partial charge in [-0.3, -0.25) is 0 Å². The van der Waals surface area contributed by atoms with Crippen molar-refractivity contribution >= 4 is 12.6 Å². The minimum Gasteiger partial charge on any atom is -1.00 e. The molecule has 0 spiro atoms. The van der Waals surface area contributed by atoms with Gasteiger partial charge in [0.05, 0.1) is 0 Å². The van der Waals surface area contributed by atoms with E-state index in [1.54, 1.807) is 0 Å². The summed E-state index contributed by atoms with van der Waals surface area (Å²) in [6.07, 6.45) is 12.4. The van der Waals surface area contributed by atoms with Gasteiger partial charge in [-0.15, -0.1) is 0 Å². The van der Waals surface area contributed by atoms with Crippen LogP contribution < -0.4 is 28.6 Å². The number of hydrogen-bond donors (Lipinski definition) is 1. The van der Waals surface area contributed by atoms with Gasteiger partial charge in [0.1, 0.15) is 0 Å². The summed E-state index contributed by atoms with van der Waals surface area (Å²) in [5, 5.41) is 0. The number of carbonyl (C=O) groups is 1. The van der Waals surface area contributed by atoms with Crippen LogP contribution in [0.25, 0.3) is 11.1 Å². The van der Waals surface area contributed by atoms with E-state index in [0.29, 0.717) is 16.6 Å². The van der Waals surface area contributed by atoms with Crippen LogP contribution in [0.5, 0.6) is 0 Å². The van der Waals surface area contributed by atoms with Crippen LogP contribution in [0.3, 0.4) is 0 Å². The first-order valence-electron chi connectivity index (χ1n) is 12.5. The smallest absolute Gasteiger partial charge is 1.00 e. The Bertz CT molecular complexity index is 803. The Morgan fingerprint density at radius 1 is 0.788 bits per heavy atom. The van der Waals surface area contributed by atoms with Gasteiger partial charge in [-0.05, 0) is 0 Å². The largest absolute Gasteiger partial charge is 1.00 e. The summed E-state index contributed by atoms with van der Waals surface area (Å²) in [6, 6.07) is 17.7. The van der Waals surface area contributed by atoms with Crippen LogP contribution in [-0.4, -0.2) is 12.6 Å². The van der Waals surface area contributed by atoms with Crippen molar-refractivity contribution in [1.82, 2.24) is 3.80 Å². The van der Waals surface area contributed by atoms with Crippen molar-refractivity contribution < 1.29 is 47.0 Å². The summed E-state index contributed by atoms with van der Waals surface area (Å²) in [6.45, 7) is 6.21. The summed E-state index contributed by atoms with van der Waals surface area (Å²) < 4.78 is 4.12. The van der Waals surface area contributed by atoms with E-state index < -0.39 is 24.0 Å². The third kappa shape index (κ3) is 8.54. The molecule has 0 fully saturated rings. The van der Waals surface area contributed by atoms with E-state index in [9.17, 15) is 4.79 Å². The molecule has 0 heterocycles. The second kappa shape index (κ2) is 16.2. The summed E-state index contributed by atoms with van der Waals surface area (Å²) in [4.78, 5) is 12.9. The molecule has 1 N–H and O–H groups in total. The molecule has 0 bridgehead atoms. The maximum Gasteiger partial charge on any atom is -1.00 e. The van der Waals surface area contributed by atoms with Gasteiger partial charge in [0.15, 0.2) is 0 Å². The third-order valence-corrected chi connectivity index (χ3v) is 18.4. The van der Waals surface area contributed by atoms with Crippen molar-refractivity contribution in [1.29, 1.82) is 0 Å². The molecule has 33 heavy (non-hydrogen) atoms. The Kier molecular flexibility index (Phi) is 14.9. The fourth-order valence-corrected chi connectivity index (χ4v) is 15.2. The van der Waals surface area contributed by atoms with Crippen LogP contribution >= 0.6 is 0 Å². The third-order valence-electron chi connectivity index (χ3n) is 6.56. The van der Waals surface area contributed by atoms with Crippen molar-refractivity contribution in [3.05, 3.63) is 59.7 Å². The van der Waals surface area contributed by atoms with Crippen LogP contribution in [0.4, 0.5) is 0 Å². The zero-order valence-corrected chi connectivity index (χ0v) is 24.7. The summed E-state index contributed by atoms with van der Waals surface area (Å²) in [7, 11) is 0. The summed E-state index contributed by atoms with van der Waals surface area (Å²) in [5.74, 6) is 0.320. The SMILES string of the molecule is CCCCCCCCCCCC(=O)[NH][Ti+2]([CH]1c2ccccc2-c2ccccc21)[SiH](C)C.[Cl-].[Cl-]. The molecule has 1 amide bonds. The molecule has 0 unspecified atom stereocenters. The van der Waals surface area contributed by atoms with Crippen LogP contribution in [0.15, 0.2) is 48.5 Å². The van der Waals surface area contributed by atoms with Crippen LogP contribution in [0.2, 0.25) is 13.1 Å². The van der Waals surface area contributed by atoms with Crippen molar-refractivity contribution in [2.75, 3.05) is 0 Å². The Morgan fingerprint density at radius 2 is 1.24 bits per heavy atom. The number of fused-ring (bicyclic) bond motifs is 3. The van der Waals surface area contributed by atoms with E-state index in [2.05, 4.69) is 72.3 Å². The van der Waals surface area contributed by atoms with Gasteiger partial charge in [-0.2, -0.15) is 0 Å². The fourth-order valence-electron chi connectivity index (χ4n) is 4.86. The van der Waals surface area contributed by atoms with Crippen LogP contribution in [0.1, 0.15) is 86.5 Å². The average Bonchev–Trinajstić information content (AvgIpc) is 3.10. The summed E-state index contributed by atoms with van der Waals surface area (Å²) in [5.41, 5.74) is 5.69. The van der Waals surface area contributed by atoms with Crippen molar-refractivity contribution in [2.24, 2.45) is 0 Å². The Labute approximate surface area is 221 Å². The average molecular weight is 541 g/mol. The van der Waals surface area contributed by atoms with E-state index in [0.717, 1.165) is 6.42 Å². The molecule has 0 saturated heterocycles.